The highest BCUT2D eigenvalue weighted by Gasteiger charge is 2.20. The van der Waals surface area contributed by atoms with Gasteiger partial charge in [0.1, 0.15) is 4.90 Å². The number of hydrogen-bond donors (Lipinski definition) is 2. The molecule has 0 aliphatic heterocycles. The molecule has 5 heteroatoms. The molecule has 0 heterocycles. The Morgan fingerprint density at radius 1 is 1.26 bits per heavy atom. The molecule has 0 aliphatic rings. The summed E-state index contributed by atoms with van der Waals surface area (Å²) in [6, 6.07) is 3.27. The van der Waals surface area contributed by atoms with Gasteiger partial charge < -0.3 is 5.73 Å². The fraction of sp³-hybridized carbons (Fsp3) is 0.571. The number of sulfonamides is 1. The fourth-order valence-electron chi connectivity index (χ4n) is 1.94. The SMILES string of the molecule is CCCCC(C)NS(=O)(=O)c1cc(C)c(C)cc1N. The highest BCUT2D eigenvalue weighted by atomic mass is 32.2. The van der Waals surface area contributed by atoms with E-state index in [4.69, 9.17) is 5.73 Å². The Kier molecular flexibility index (Phi) is 5.38. The van der Waals surface area contributed by atoms with Crippen molar-refractivity contribution in [2.45, 2.75) is 57.9 Å². The van der Waals surface area contributed by atoms with Crippen molar-refractivity contribution in [1.29, 1.82) is 0 Å². The van der Waals surface area contributed by atoms with Crippen molar-refractivity contribution < 1.29 is 8.42 Å². The van der Waals surface area contributed by atoms with E-state index in [1.807, 2.05) is 20.8 Å². The van der Waals surface area contributed by atoms with Crippen LogP contribution in [0.4, 0.5) is 5.69 Å². The molecule has 0 amide bonds. The number of anilines is 1. The first-order valence-electron chi connectivity index (χ1n) is 6.67. The van der Waals surface area contributed by atoms with Gasteiger partial charge in [0.2, 0.25) is 10.0 Å². The van der Waals surface area contributed by atoms with Gasteiger partial charge in [-0.15, -0.1) is 0 Å². The number of nitrogens with one attached hydrogen (secondary N) is 1. The van der Waals surface area contributed by atoms with Crippen LogP contribution >= 0.6 is 0 Å². The summed E-state index contributed by atoms with van der Waals surface area (Å²) in [6.45, 7) is 7.76. The van der Waals surface area contributed by atoms with E-state index in [9.17, 15) is 8.42 Å². The van der Waals surface area contributed by atoms with E-state index < -0.39 is 10.0 Å². The van der Waals surface area contributed by atoms with Crippen LogP contribution in [0.1, 0.15) is 44.2 Å². The van der Waals surface area contributed by atoms with Gasteiger partial charge in [0.05, 0.1) is 5.69 Å². The predicted octanol–water partition coefficient (Wildman–Crippen LogP) is 2.74. The maximum Gasteiger partial charge on any atom is 0.242 e. The number of unbranched alkanes of at least 4 members (excludes halogenated alkanes) is 1. The minimum absolute atomic E-state index is 0.0778. The Labute approximate surface area is 116 Å². The van der Waals surface area contributed by atoms with Crippen LogP contribution in [0.5, 0.6) is 0 Å². The van der Waals surface area contributed by atoms with Crippen LogP contribution in [0.25, 0.3) is 0 Å². The van der Waals surface area contributed by atoms with E-state index in [0.29, 0.717) is 5.69 Å². The average molecular weight is 284 g/mol. The molecular weight excluding hydrogens is 260 g/mol. The van der Waals surface area contributed by atoms with Crippen molar-refractivity contribution in [3.63, 3.8) is 0 Å². The molecule has 4 nitrogen and oxygen atoms in total. The molecule has 0 fully saturated rings. The van der Waals surface area contributed by atoms with Gasteiger partial charge in [-0.3, -0.25) is 0 Å². The maximum atomic E-state index is 12.3. The lowest BCUT2D eigenvalue weighted by Gasteiger charge is -2.16. The van der Waals surface area contributed by atoms with Crippen LogP contribution in [0.15, 0.2) is 17.0 Å². The van der Waals surface area contributed by atoms with Crippen LogP contribution in [-0.4, -0.2) is 14.5 Å². The lowest BCUT2D eigenvalue weighted by Crippen LogP contribution is -2.33. The molecule has 0 saturated carbocycles. The first-order chi connectivity index (χ1) is 8.77. The van der Waals surface area contributed by atoms with Gasteiger partial charge in [-0.05, 0) is 50.5 Å². The molecule has 3 N–H and O–H groups in total. The van der Waals surface area contributed by atoms with Gasteiger partial charge in [-0.1, -0.05) is 19.8 Å². The quantitative estimate of drug-likeness (QED) is 0.789. The molecule has 1 unspecified atom stereocenters. The number of rotatable bonds is 6. The zero-order valence-electron chi connectivity index (χ0n) is 12.2. The van der Waals surface area contributed by atoms with Crippen molar-refractivity contribution in [3.8, 4) is 0 Å². The molecule has 0 spiro atoms. The van der Waals surface area contributed by atoms with Crippen LogP contribution in [-0.2, 0) is 10.0 Å². The molecule has 0 aliphatic carbocycles. The highest BCUT2D eigenvalue weighted by molar-refractivity contribution is 7.89. The number of nitrogen functional groups attached to an aromatic ring is 1. The van der Waals surface area contributed by atoms with Crippen molar-refractivity contribution in [2.24, 2.45) is 0 Å². The molecule has 1 aromatic rings. The van der Waals surface area contributed by atoms with Crippen molar-refractivity contribution in [2.75, 3.05) is 5.73 Å². The minimum atomic E-state index is -3.53. The lowest BCUT2D eigenvalue weighted by atomic mass is 10.1. The summed E-state index contributed by atoms with van der Waals surface area (Å²) in [7, 11) is -3.53. The first-order valence-corrected chi connectivity index (χ1v) is 8.15. The smallest absolute Gasteiger partial charge is 0.242 e. The first kappa shape index (κ1) is 16.0. The Hall–Kier alpha value is -1.07. The Balaban J connectivity index is 2.98. The molecule has 108 valence electrons. The highest BCUT2D eigenvalue weighted by Crippen LogP contribution is 2.23. The monoisotopic (exact) mass is 284 g/mol. The van der Waals surface area contributed by atoms with Gasteiger partial charge in [0.15, 0.2) is 0 Å². The fourth-order valence-corrected chi connectivity index (χ4v) is 3.42. The maximum absolute atomic E-state index is 12.3. The number of nitrogens with two attached hydrogens (primary N) is 1. The third-order valence-electron chi connectivity index (χ3n) is 3.26. The predicted molar refractivity (Wildman–Crippen MR) is 79.6 cm³/mol. The molecule has 0 radical (unpaired) electrons. The second-order valence-corrected chi connectivity index (χ2v) is 6.82. The lowest BCUT2D eigenvalue weighted by molar-refractivity contribution is 0.534. The topological polar surface area (TPSA) is 72.2 Å². The van der Waals surface area contributed by atoms with Gasteiger partial charge in [0.25, 0.3) is 0 Å². The zero-order valence-corrected chi connectivity index (χ0v) is 13.0. The van der Waals surface area contributed by atoms with E-state index in [2.05, 4.69) is 11.6 Å². The molecule has 0 saturated heterocycles. The van der Waals surface area contributed by atoms with E-state index >= 15 is 0 Å². The second-order valence-electron chi connectivity index (χ2n) is 5.14. The third-order valence-corrected chi connectivity index (χ3v) is 4.91. The van der Waals surface area contributed by atoms with E-state index in [-0.39, 0.29) is 10.9 Å². The van der Waals surface area contributed by atoms with Gasteiger partial charge in [-0.25, -0.2) is 13.1 Å². The summed E-state index contributed by atoms with van der Waals surface area (Å²) < 4.78 is 27.3. The summed E-state index contributed by atoms with van der Waals surface area (Å²) in [5, 5.41) is 0. The Morgan fingerprint density at radius 2 is 1.84 bits per heavy atom. The van der Waals surface area contributed by atoms with E-state index in [1.54, 1.807) is 12.1 Å². The Bertz CT molecular complexity index is 539. The molecule has 19 heavy (non-hydrogen) atoms. The second kappa shape index (κ2) is 6.39. The van der Waals surface area contributed by atoms with Crippen LogP contribution in [0, 0.1) is 13.8 Å². The minimum Gasteiger partial charge on any atom is -0.398 e. The molecule has 0 aromatic heterocycles. The third kappa shape index (κ3) is 4.21. The van der Waals surface area contributed by atoms with Crippen molar-refractivity contribution in [1.82, 2.24) is 4.72 Å². The number of hydrogen-bond acceptors (Lipinski definition) is 3. The van der Waals surface area contributed by atoms with Gasteiger partial charge in [0, 0.05) is 6.04 Å². The number of benzene rings is 1. The summed E-state index contributed by atoms with van der Waals surface area (Å²) in [6.07, 6.45) is 2.89. The van der Waals surface area contributed by atoms with Crippen LogP contribution in [0.2, 0.25) is 0 Å². The van der Waals surface area contributed by atoms with Crippen molar-refractivity contribution >= 4 is 15.7 Å². The zero-order chi connectivity index (χ0) is 14.6. The molecular formula is C14H24N2O2S. The summed E-state index contributed by atoms with van der Waals surface area (Å²) in [5.74, 6) is 0. The summed E-state index contributed by atoms with van der Waals surface area (Å²) in [5.41, 5.74) is 8.06. The summed E-state index contributed by atoms with van der Waals surface area (Å²) in [4.78, 5) is 0.180. The molecule has 1 rings (SSSR count). The number of aryl methyl sites for hydroxylation is 2. The average Bonchev–Trinajstić information content (AvgIpc) is 2.30. The molecule has 0 bridgehead atoms. The molecule has 1 aromatic carbocycles. The normalized spacial score (nSPS) is 13.5. The van der Waals surface area contributed by atoms with Crippen molar-refractivity contribution in [3.05, 3.63) is 23.3 Å². The standard InChI is InChI=1S/C14H24N2O2S/c1-5-6-7-12(4)16-19(17,18)14-9-11(3)10(2)8-13(14)15/h8-9,12,16H,5-7,15H2,1-4H3. The van der Waals surface area contributed by atoms with Gasteiger partial charge >= 0.3 is 0 Å². The largest absolute Gasteiger partial charge is 0.398 e. The van der Waals surface area contributed by atoms with E-state index in [0.717, 1.165) is 30.4 Å². The van der Waals surface area contributed by atoms with Crippen LogP contribution in [0.3, 0.4) is 0 Å². The van der Waals surface area contributed by atoms with Crippen LogP contribution < -0.4 is 10.5 Å². The van der Waals surface area contributed by atoms with E-state index in [1.165, 1.54) is 0 Å². The summed E-state index contributed by atoms with van der Waals surface area (Å²) >= 11 is 0. The molecule has 1 atom stereocenters. The van der Waals surface area contributed by atoms with Gasteiger partial charge in [-0.2, -0.15) is 0 Å². The Morgan fingerprint density at radius 3 is 2.42 bits per heavy atom.